The summed E-state index contributed by atoms with van der Waals surface area (Å²) in [6.07, 6.45) is 9.48. The van der Waals surface area contributed by atoms with Crippen LogP contribution in [0.25, 0.3) is 0 Å². The molecule has 0 amide bonds. The Kier molecular flexibility index (Phi) is 5.56. The molecule has 4 nitrogen and oxygen atoms in total. The largest absolute Gasteiger partial charge is 0.310 e. The van der Waals surface area contributed by atoms with Crippen LogP contribution in [-0.4, -0.2) is 21.3 Å². The number of rotatable bonds is 7. The van der Waals surface area contributed by atoms with E-state index in [-0.39, 0.29) is 6.04 Å². The van der Waals surface area contributed by atoms with Gasteiger partial charge in [-0.15, -0.1) is 0 Å². The number of halogens is 1. The van der Waals surface area contributed by atoms with Gasteiger partial charge in [0.05, 0.1) is 11.2 Å². The highest BCUT2D eigenvalue weighted by Crippen LogP contribution is 2.24. The van der Waals surface area contributed by atoms with Crippen molar-refractivity contribution in [3.8, 4) is 0 Å². The Hall–Kier alpha value is -1.39. The minimum absolute atomic E-state index is 0.194. The van der Waals surface area contributed by atoms with E-state index in [0.717, 1.165) is 31.5 Å². The molecular formula is C15H21ClN4. The predicted molar refractivity (Wildman–Crippen MR) is 81.9 cm³/mol. The molecule has 1 unspecified atom stereocenters. The van der Waals surface area contributed by atoms with Crippen LogP contribution in [0.3, 0.4) is 0 Å². The van der Waals surface area contributed by atoms with Gasteiger partial charge in [0.1, 0.15) is 0 Å². The summed E-state index contributed by atoms with van der Waals surface area (Å²) in [5.41, 5.74) is 2.31. The maximum Gasteiger partial charge on any atom is 0.0637 e. The lowest BCUT2D eigenvalue weighted by Gasteiger charge is -2.19. The van der Waals surface area contributed by atoms with Gasteiger partial charge in [-0.3, -0.25) is 9.67 Å². The molecule has 2 heterocycles. The van der Waals surface area contributed by atoms with Gasteiger partial charge in [0.15, 0.2) is 0 Å². The van der Waals surface area contributed by atoms with Gasteiger partial charge < -0.3 is 5.32 Å². The quantitative estimate of drug-likeness (QED) is 0.852. The maximum atomic E-state index is 6.27. The second-order valence-corrected chi connectivity index (χ2v) is 5.22. The SMILES string of the molecule is CCCNC(Cc1cnn(CC)c1)c1ccncc1Cl. The molecule has 0 spiro atoms. The molecule has 0 fully saturated rings. The highest BCUT2D eigenvalue weighted by Gasteiger charge is 2.15. The number of nitrogens with zero attached hydrogens (tertiary/aromatic N) is 3. The molecule has 1 N–H and O–H groups in total. The van der Waals surface area contributed by atoms with Crippen LogP contribution in [0.2, 0.25) is 5.02 Å². The topological polar surface area (TPSA) is 42.7 Å². The molecular weight excluding hydrogens is 272 g/mol. The summed E-state index contributed by atoms with van der Waals surface area (Å²) in [4.78, 5) is 4.06. The van der Waals surface area contributed by atoms with Crippen LogP contribution in [0.4, 0.5) is 0 Å². The van der Waals surface area contributed by atoms with Crippen LogP contribution in [0, 0.1) is 0 Å². The van der Waals surface area contributed by atoms with E-state index in [2.05, 4.69) is 35.4 Å². The molecule has 0 aliphatic rings. The third kappa shape index (κ3) is 3.81. The molecule has 2 rings (SSSR count). The van der Waals surface area contributed by atoms with E-state index >= 15 is 0 Å². The lowest BCUT2D eigenvalue weighted by molar-refractivity contribution is 0.528. The van der Waals surface area contributed by atoms with Gasteiger partial charge in [-0.2, -0.15) is 5.10 Å². The van der Waals surface area contributed by atoms with Crippen LogP contribution in [0.1, 0.15) is 37.4 Å². The molecule has 0 saturated heterocycles. The fraction of sp³-hybridized carbons (Fsp3) is 0.467. The van der Waals surface area contributed by atoms with E-state index in [1.54, 1.807) is 12.4 Å². The van der Waals surface area contributed by atoms with E-state index in [0.29, 0.717) is 5.02 Å². The van der Waals surface area contributed by atoms with Crippen LogP contribution in [0.5, 0.6) is 0 Å². The van der Waals surface area contributed by atoms with E-state index in [4.69, 9.17) is 11.6 Å². The lowest BCUT2D eigenvalue weighted by atomic mass is 10.0. The molecule has 2 aromatic rings. The Morgan fingerprint density at radius 1 is 1.35 bits per heavy atom. The Morgan fingerprint density at radius 3 is 2.85 bits per heavy atom. The van der Waals surface area contributed by atoms with Gasteiger partial charge in [-0.25, -0.2) is 0 Å². The Bertz CT molecular complexity index is 538. The van der Waals surface area contributed by atoms with Crippen molar-refractivity contribution in [2.75, 3.05) is 6.54 Å². The first-order valence-corrected chi connectivity index (χ1v) is 7.46. The highest BCUT2D eigenvalue weighted by atomic mass is 35.5. The van der Waals surface area contributed by atoms with Crippen molar-refractivity contribution in [1.82, 2.24) is 20.1 Å². The Labute approximate surface area is 125 Å². The lowest BCUT2D eigenvalue weighted by Crippen LogP contribution is -2.24. The Balaban J connectivity index is 2.17. The first-order valence-electron chi connectivity index (χ1n) is 7.08. The summed E-state index contributed by atoms with van der Waals surface area (Å²) in [5.74, 6) is 0. The summed E-state index contributed by atoms with van der Waals surface area (Å²) in [6, 6.07) is 2.18. The summed E-state index contributed by atoms with van der Waals surface area (Å²) in [7, 11) is 0. The number of nitrogens with one attached hydrogen (secondary N) is 1. The number of hydrogen-bond acceptors (Lipinski definition) is 3. The van der Waals surface area contributed by atoms with Crippen molar-refractivity contribution >= 4 is 11.6 Å². The molecule has 0 aliphatic carbocycles. The summed E-state index contributed by atoms with van der Waals surface area (Å²) in [5, 5.41) is 8.59. The molecule has 108 valence electrons. The first-order chi connectivity index (χ1) is 9.74. The highest BCUT2D eigenvalue weighted by molar-refractivity contribution is 6.31. The number of aromatic nitrogens is 3. The molecule has 1 atom stereocenters. The molecule has 20 heavy (non-hydrogen) atoms. The minimum Gasteiger partial charge on any atom is -0.310 e. The number of hydrogen-bond donors (Lipinski definition) is 1. The Morgan fingerprint density at radius 2 is 2.20 bits per heavy atom. The van der Waals surface area contributed by atoms with Crippen LogP contribution in [-0.2, 0) is 13.0 Å². The first kappa shape index (κ1) is 15.0. The molecule has 5 heteroatoms. The van der Waals surface area contributed by atoms with Crippen LogP contribution >= 0.6 is 11.6 Å². The molecule has 0 aromatic carbocycles. The van der Waals surface area contributed by atoms with Crippen molar-refractivity contribution in [1.29, 1.82) is 0 Å². The van der Waals surface area contributed by atoms with E-state index in [9.17, 15) is 0 Å². The molecule has 0 aliphatic heterocycles. The standard InChI is InChI=1S/C15H21ClN4/c1-3-6-18-15(13-5-7-17-10-14(13)16)8-12-9-19-20(4-2)11-12/h5,7,9-11,15,18H,3-4,6,8H2,1-2H3. The van der Waals surface area contributed by atoms with Gasteiger partial charge in [0, 0.05) is 31.2 Å². The number of pyridine rings is 1. The summed E-state index contributed by atoms with van der Waals surface area (Å²) >= 11 is 6.27. The minimum atomic E-state index is 0.194. The van der Waals surface area contributed by atoms with E-state index < -0.39 is 0 Å². The monoisotopic (exact) mass is 292 g/mol. The second-order valence-electron chi connectivity index (χ2n) is 4.81. The summed E-state index contributed by atoms with van der Waals surface area (Å²) in [6.45, 7) is 6.10. The predicted octanol–water partition coefficient (Wildman–Crippen LogP) is 3.23. The second kappa shape index (κ2) is 7.41. The zero-order valence-electron chi connectivity index (χ0n) is 12.0. The van der Waals surface area contributed by atoms with Crippen LogP contribution < -0.4 is 5.32 Å². The van der Waals surface area contributed by atoms with Crippen molar-refractivity contribution in [2.45, 2.75) is 39.3 Å². The normalized spacial score (nSPS) is 12.6. The van der Waals surface area contributed by atoms with Crippen molar-refractivity contribution in [3.05, 3.63) is 47.0 Å². The van der Waals surface area contributed by atoms with Gasteiger partial charge >= 0.3 is 0 Å². The van der Waals surface area contributed by atoms with Crippen molar-refractivity contribution < 1.29 is 0 Å². The van der Waals surface area contributed by atoms with Crippen molar-refractivity contribution in [2.24, 2.45) is 0 Å². The third-order valence-electron chi connectivity index (χ3n) is 3.27. The maximum absolute atomic E-state index is 6.27. The fourth-order valence-electron chi connectivity index (χ4n) is 2.20. The average Bonchev–Trinajstić information content (AvgIpc) is 2.92. The van der Waals surface area contributed by atoms with E-state index in [1.807, 2.05) is 16.9 Å². The molecule has 0 saturated carbocycles. The zero-order chi connectivity index (χ0) is 14.4. The number of aryl methyl sites for hydroxylation is 1. The van der Waals surface area contributed by atoms with Gasteiger partial charge in [-0.05, 0) is 43.5 Å². The third-order valence-corrected chi connectivity index (χ3v) is 3.59. The molecule has 0 radical (unpaired) electrons. The molecule has 2 aromatic heterocycles. The zero-order valence-corrected chi connectivity index (χ0v) is 12.8. The van der Waals surface area contributed by atoms with Crippen LogP contribution in [0.15, 0.2) is 30.9 Å². The average molecular weight is 293 g/mol. The smallest absolute Gasteiger partial charge is 0.0637 e. The fourth-order valence-corrected chi connectivity index (χ4v) is 2.45. The van der Waals surface area contributed by atoms with Crippen molar-refractivity contribution in [3.63, 3.8) is 0 Å². The summed E-state index contributed by atoms with van der Waals surface area (Å²) < 4.78 is 1.94. The van der Waals surface area contributed by atoms with Gasteiger partial charge in [0.25, 0.3) is 0 Å². The molecule has 0 bridgehead atoms. The van der Waals surface area contributed by atoms with Gasteiger partial charge in [-0.1, -0.05) is 18.5 Å². The van der Waals surface area contributed by atoms with Gasteiger partial charge in [0.2, 0.25) is 0 Å². The van der Waals surface area contributed by atoms with E-state index in [1.165, 1.54) is 5.56 Å².